The number of carbonyl (C=O) groups is 1. The van der Waals surface area contributed by atoms with Crippen LogP contribution in [0, 0.1) is 12.7 Å². The molecule has 0 saturated carbocycles. The summed E-state index contributed by atoms with van der Waals surface area (Å²) in [6.45, 7) is 2.17. The summed E-state index contributed by atoms with van der Waals surface area (Å²) in [5.41, 5.74) is 2.07. The van der Waals surface area contributed by atoms with E-state index in [4.69, 9.17) is 4.42 Å². The Morgan fingerprint density at radius 2 is 1.84 bits per heavy atom. The minimum Gasteiger partial charge on any atom is -0.441 e. The molecule has 25 heavy (non-hydrogen) atoms. The van der Waals surface area contributed by atoms with E-state index < -0.39 is 0 Å². The first kappa shape index (κ1) is 16.9. The van der Waals surface area contributed by atoms with E-state index in [0.717, 1.165) is 5.56 Å². The predicted molar refractivity (Wildman–Crippen MR) is 93.5 cm³/mol. The zero-order chi connectivity index (χ0) is 17.6. The third-order valence-electron chi connectivity index (χ3n) is 3.92. The second-order valence-corrected chi connectivity index (χ2v) is 5.76. The smallest absolute Gasteiger partial charge is 0.226 e. The number of aromatic nitrogens is 1. The van der Waals surface area contributed by atoms with Crippen LogP contribution in [0.3, 0.4) is 0 Å². The van der Waals surface area contributed by atoms with Crippen LogP contribution in [0.2, 0.25) is 0 Å². The molecule has 0 fully saturated rings. The Hall–Kier alpha value is -2.95. The van der Waals surface area contributed by atoms with Gasteiger partial charge in [0.25, 0.3) is 0 Å². The molecule has 0 radical (unpaired) electrons. The number of oxazole rings is 1. The fraction of sp³-hybridized carbons (Fsp3) is 0.200. The highest BCUT2D eigenvalue weighted by molar-refractivity contribution is 5.78. The van der Waals surface area contributed by atoms with E-state index in [1.807, 2.05) is 30.3 Å². The van der Waals surface area contributed by atoms with Crippen molar-refractivity contribution < 1.29 is 13.6 Å². The molecule has 2 aromatic carbocycles. The summed E-state index contributed by atoms with van der Waals surface area (Å²) in [5.74, 6) is 0.722. The van der Waals surface area contributed by atoms with Gasteiger partial charge in [0.05, 0.1) is 12.1 Å². The number of amides is 1. The van der Waals surface area contributed by atoms with Crippen molar-refractivity contribution in [3.63, 3.8) is 0 Å². The van der Waals surface area contributed by atoms with Gasteiger partial charge in [-0.25, -0.2) is 9.37 Å². The minimum absolute atomic E-state index is 0.138. The topological polar surface area (TPSA) is 55.1 Å². The second-order valence-electron chi connectivity index (χ2n) is 5.76. The third kappa shape index (κ3) is 4.32. The van der Waals surface area contributed by atoms with Gasteiger partial charge in [-0.1, -0.05) is 36.4 Å². The molecule has 1 amide bonds. The standard InChI is InChI=1S/C20H19FN2O2/c1-14-18(23-20(25-14)16-8-3-2-4-9-16)13-19(24)22-12-11-15-7-5-6-10-17(15)21/h2-10H,11-13H2,1H3,(H,22,24). The molecule has 0 aliphatic carbocycles. The first-order valence-electron chi connectivity index (χ1n) is 8.15. The van der Waals surface area contributed by atoms with E-state index in [1.54, 1.807) is 25.1 Å². The molecule has 0 saturated heterocycles. The van der Waals surface area contributed by atoms with E-state index in [1.165, 1.54) is 6.07 Å². The maximum Gasteiger partial charge on any atom is 0.226 e. The van der Waals surface area contributed by atoms with Gasteiger partial charge >= 0.3 is 0 Å². The number of halogens is 1. The highest BCUT2D eigenvalue weighted by Crippen LogP contribution is 2.21. The van der Waals surface area contributed by atoms with Gasteiger partial charge < -0.3 is 9.73 Å². The summed E-state index contributed by atoms with van der Waals surface area (Å²) in [5, 5.41) is 2.80. The van der Waals surface area contributed by atoms with Crippen LogP contribution in [0.25, 0.3) is 11.5 Å². The van der Waals surface area contributed by atoms with Crippen LogP contribution in [0.4, 0.5) is 4.39 Å². The highest BCUT2D eigenvalue weighted by atomic mass is 19.1. The number of hydrogen-bond donors (Lipinski definition) is 1. The molecular formula is C20H19FN2O2. The number of aryl methyl sites for hydroxylation is 1. The maximum atomic E-state index is 13.5. The Labute approximate surface area is 145 Å². The third-order valence-corrected chi connectivity index (χ3v) is 3.92. The van der Waals surface area contributed by atoms with Gasteiger partial charge in [0.1, 0.15) is 11.6 Å². The molecule has 3 rings (SSSR count). The number of rotatable bonds is 6. The summed E-state index contributed by atoms with van der Waals surface area (Å²) >= 11 is 0. The van der Waals surface area contributed by atoms with Crippen LogP contribution in [0.1, 0.15) is 17.0 Å². The summed E-state index contributed by atoms with van der Waals surface area (Å²) in [6.07, 6.45) is 0.588. The van der Waals surface area contributed by atoms with Gasteiger partial charge in [0.2, 0.25) is 11.8 Å². The molecule has 1 N–H and O–H groups in total. The molecule has 1 aromatic heterocycles. The van der Waals surface area contributed by atoms with Crippen molar-refractivity contribution in [3.8, 4) is 11.5 Å². The van der Waals surface area contributed by atoms with Crippen molar-refractivity contribution in [1.29, 1.82) is 0 Å². The lowest BCUT2D eigenvalue weighted by Gasteiger charge is -2.05. The predicted octanol–water partition coefficient (Wildman–Crippen LogP) is 3.69. The Morgan fingerprint density at radius 3 is 2.60 bits per heavy atom. The molecule has 0 aliphatic rings. The first-order chi connectivity index (χ1) is 12.1. The molecule has 0 aliphatic heterocycles. The molecule has 3 aromatic rings. The van der Waals surface area contributed by atoms with E-state index >= 15 is 0 Å². The summed E-state index contributed by atoms with van der Waals surface area (Å²) in [4.78, 5) is 16.5. The van der Waals surface area contributed by atoms with Crippen molar-refractivity contribution in [2.75, 3.05) is 6.54 Å². The zero-order valence-corrected chi connectivity index (χ0v) is 14.0. The van der Waals surface area contributed by atoms with E-state index in [-0.39, 0.29) is 18.1 Å². The fourth-order valence-corrected chi connectivity index (χ4v) is 2.55. The highest BCUT2D eigenvalue weighted by Gasteiger charge is 2.14. The van der Waals surface area contributed by atoms with Gasteiger partial charge in [-0.2, -0.15) is 0 Å². The molecule has 0 bridgehead atoms. The van der Waals surface area contributed by atoms with Crippen LogP contribution >= 0.6 is 0 Å². The monoisotopic (exact) mass is 338 g/mol. The average Bonchev–Trinajstić information content (AvgIpc) is 2.98. The van der Waals surface area contributed by atoms with Gasteiger partial charge in [-0.3, -0.25) is 4.79 Å². The largest absolute Gasteiger partial charge is 0.441 e. The maximum absolute atomic E-state index is 13.5. The van der Waals surface area contributed by atoms with E-state index in [9.17, 15) is 9.18 Å². The molecule has 0 spiro atoms. The molecule has 0 atom stereocenters. The lowest BCUT2D eigenvalue weighted by atomic mass is 10.1. The SMILES string of the molecule is Cc1oc(-c2ccccc2)nc1CC(=O)NCCc1ccccc1F. The normalized spacial score (nSPS) is 10.6. The number of nitrogens with zero attached hydrogens (tertiary/aromatic N) is 1. The number of carbonyl (C=O) groups excluding carboxylic acids is 1. The van der Waals surface area contributed by atoms with Crippen molar-refractivity contribution in [2.45, 2.75) is 19.8 Å². The molecule has 5 heteroatoms. The van der Waals surface area contributed by atoms with Crippen LogP contribution in [-0.2, 0) is 17.6 Å². The number of nitrogens with one attached hydrogen (secondary N) is 1. The molecule has 1 heterocycles. The molecular weight excluding hydrogens is 319 g/mol. The van der Waals surface area contributed by atoms with E-state index in [2.05, 4.69) is 10.3 Å². The average molecular weight is 338 g/mol. The Bertz CT molecular complexity index is 859. The van der Waals surface area contributed by atoms with Crippen LogP contribution in [-0.4, -0.2) is 17.4 Å². The summed E-state index contributed by atoms with van der Waals surface area (Å²) < 4.78 is 19.2. The van der Waals surface area contributed by atoms with Crippen molar-refractivity contribution in [3.05, 3.63) is 77.4 Å². The Morgan fingerprint density at radius 1 is 1.12 bits per heavy atom. The van der Waals surface area contributed by atoms with Crippen molar-refractivity contribution in [2.24, 2.45) is 0 Å². The Kier molecular flexibility index (Phi) is 5.23. The molecule has 4 nitrogen and oxygen atoms in total. The Balaban J connectivity index is 1.56. The van der Waals surface area contributed by atoms with Crippen molar-refractivity contribution >= 4 is 5.91 Å². The molecule has 128 valence electrons. The van der Waals surface area contributed by atoms with Crippen LogP contribution in [0.15, 0.2) is 59.0 Å². The van der Waals surface area contributed by atoms with Crippen LogP contribution in [0.5, 0.6) is 0 Å². The lowest BCUT2D eigenvalue weighted by Crippen LogP contribution is -2.27. The second kappa shape index (κ2) is 7.75. The lowest BCUT2D eigenvalue weighted by molar-refractivity contribution is -0.120. The number of benzene rings is 2. The summed E-state index contributed by atoms with van der Waals surface area (Å²) in [7, 11) is 0. The number of hydrogen-bond acceptors (Lipinski definition) is 3. The van der Waals surface area contributed by atoms with Gasteiger partial charge in [0.15, 0.2) is 0 Å². The minimum atomic E-state index is -0.253. The van der Waals surface area contributed by atoms with Gasteiger partial charge in [0, 0.05) is 12.1 Å². The van der Waals surface area contributed by atoms with E-state index in [0.29, 0.717) is 35.9 Å². The quantitative estimate of drug-likeness (QED) is 0.746. The van der Waals surface area contributed by atoms with Gasteiger partial charge in [-0.05, 0) is 37.1 Å². The molecule has 0 unspecified atom stereocenters. The van der Waals surface area contributed by atoms with Crippen LogP contribution < -0.4 is 5.32 Å². The fourth-order valence-electron chi connectivity index (χ4n) is 2.55. The van der Waals surface area contributed by atoms with Crippen molar-refractivity contribution in [1.82, 2.24) is 10.3 Å². The van der Waals surface area contributed by atoms with Gasteiger partial charge in [-0.15, -0.1) is 0 Å². The first-order valence-corrected chi connectivity index (χ1v) is 8.15. The summed E-state index contributed by atoms with van der Waals surface area (Å²) in [6, 6.07) is 16.1. The zero-order valence-electron chi connectivity index (χ0n) is 14.0.